The minimum Gasteiger partial charge on any atom is -0.504 e. The van der Waals surface area contributed by atoms with Gasteiger partial charge in [0.15, 0.2) is 11.5 Å². The highest BCUT2D eigenvalue weighted by Crippen LogP contribution is 2.26. The van der Waals surface area contributed by atoms with Gasteiger partial charge in [-0.05, 0) is 37.5 Å². The van der Waals surface area contributed by atoms with Crippen molar-refractivity contribution in [3.8, 4) is 11.5 Å². The summed E-state index contributed by atoms with van der Waals surface area (Å²) in [6, 6.07) is 4.68. The first-order valence-electron chi connectivity index (χ1n) is 7.93. The van der Waals surface area contributed by atoms with Crippen LogP contribution in [0.3, 0.4) is 0 Å². The lowest BCUT2D eigenvalue weighted by Crippen LogP contribution is -2.54. The fourth-order valence-corrected chi connectivity index (χ4v) is 2.46. The van der Waals surface area contributed by atoms with Gasteiger partial charge in [0.2, 0.25) is 0 Å². The molecule has 0 radical (unpaired) electrons. The molecule has 1 saturated carbocycles. The number of rotatable bonds is 4. The molecular weight excluding hydrogens is 312 g/mol. The number of carboxylic acid groups (broad SMARTS) is 1. The largest absolute Gasteiger partial charge is 0.504 e. The van der Waals surface area contributed by atoms with Crippen LogP contribution >= 0.6 is 0 Å². The van der Waals surface area contributed by atoms with Crippen molar-refractivity contribution >= 4 is 5.97 Å². The van der Waals surface area contributed by atoms with Gasteiger partial charge < -0.3 is 26.8 Å². The molecule has 0 saturated heterocycles. The first-order chi connectivity index (χ1) is 11.2. The van der Waals surface area contributed by atoms with E-state index in [0.29, 0.717) is 5.56 Å². The number of carboxylic acids is 1. The van der Waals surface area contributed by atoms with Gasteiger partial charge in [0, 0.05) is 18.5 Å². The second-order valence-corrected chi connectivity index (χ2v) is 6.39. The summed E-state index contributed by atoms with van der Waals surface area (Å²) in [4.78, 5) is 11.0. The molecule has 10 N–H and O–H groups in total. The lowest BCUT2D eigenvalue weighted by Gasteiger charge is -2.24. The zero-order valence-electron chi connectivity index (χ0n) is 13.9. The molecule has 3 atom stereocenters. The lowest BCUT2D eigenvalue weighted by molar-refractivity contribution is -0.144. The molecule has 8 heteroatoms. The minimum absolute atomic E-state index is 0.0900. The second-order valence-electron chi connectivity index (χ2n) is 6.39. The van der Waals surface area contributed by atoms with Crippen LogP contribution in [0.15, 0.2) is 18.2 Å². The molecule has 1 aromatic rings. The van der Waals surface area contributed by atoms with Crippen molar-refractivity contribution in [2.24, 2.45) is 17.3 Å². The van der Waals surface area contributed by atoms with Gasteiger partial charge in [-0.3, -0.25) is 10.6 Å². The number of benzene rings is 1. The molecule has 136 valence electrons. The van der Waals surface area contributed by atoms with Gasteiger partial charge in [-0.1, -0.05) is 18.9 Å². The van der Waals surface area contributed by atoms with Gasteiger partial charge in [-0.25, -0.2) is 5.43 Å². The summed E-state index contributed by atoms with van der Waals surface area (Å²) in [5.74, 6) is 3.55. The number of aliphatic carboxylic acids is 1. The lowest BCUT2D eigenvalue weighted by atomic mass is 9.92. The van der Waals surface area contributed by atoms with E-state index in [0.717, 1.165) is 12.8 Å². The maximum atomic E-state index is 11.0. The average Bonchev–Trinajstić information content (AvgIpc) is 2.54. The smallest absolute Gasteiger partial charge is 0.325 e. The minimum atomic E-state index is -1.32. The van der Waals surface area contributed by atoms with E-state index < -0.39 is 11.5 Å². The molecule has 24 heavy (non-hydrogen) atoms. The van der Waals surface area contributed by atoms with Crippen LogP contribution in [0.25, 0.3) is 0 Å². The van der Waals surface area contributed by atoms with Crippen LogP contribution in [0.5, 0.6) is 11.5 Å². The van der Waals surface area contributed by atoms with Crippen LogP contribution in [0.4, 0.5) is 0 Å². The summed E-state index contributed by atoms with van der Waals surface area (Å²) < 4.78 is 0. The second kappa shape index (κ2) is 8.84. The molecule has 1 fully saturated rings. The highest BCUT2D eigenvalue weighted by atomic mass is 16.4. The van der Waals surface area contributed by atoms with E-state index in [1.807, 2.05) is 0 Å². The standard InChI is InChI=1S/C10H14N2O4.C6H14N2/c1-10(12-11,9(15)16)5-6-2-3-7(13)8(14)4-6;7-5-3-1-2-4-6(5)8/h2-4,12-14H,5,11H2,1H3,(H,15,16);5-6H,1-4,7-8H2/t10-;/m0./s1. The Balaban J connectivity index is 0.000000300. The third-order valence-corrected chi connectivity index (χ3v) is 4.26. The van der Waals surface area contributed by atoms with E-state index in [-0.39, 0.29) is 30.0 Å². The normalized spacial score (nSPS) is 22.8. The Hall–Kier alpha value is -1.87. The molecule has 2 unspecified atom stereocenters. The van der Waals surface area contributed by atoms with Gasteiger partial charge >= 0.3 is 5.97 Å². The molecule has 1 aliphatic rings. The van der Waals surface area contributed by atoms with Crippen LogP contribution < -0.4 is 22.7 Å². The molecule has 0 heterocycles. The summed E-state index contributed by atoms with van der Waals surface area (Å²) in [5, 5.41) is 27.3. The summed E-state index contributed by atoms with van der Waals surface area (Å²) >= 11 is 0. The van der Waals surface area contributed by atoms with E-state index >= 15 is 0 Å². The van der Waals surface area contributed by atoms with Gasteiger partial charge in [-0.2, -0.15) is 0 Å². The third-order valence-electron chi connectivity index (χ3n) is 4.26. The predicted octanol–water partition coefficient (Wildman–Crippen LogP) is 0.162. The molecule has 2 rings (SSSR count). The number of phenolic OH excluding ortho intramolecular Hbond substituents is 2. The topological polar surface area (TPSA) is 168 Å². The third kappa shape index (κ3) is 5.64. The fourth-order valence-electron chi connectivity index (χ4n) is 2.46. The van der Waals surface area contributed by atoms with Crippen LogP contribution in [-0.2, 0) is 11.2 Å². The van der Waals surface area contributed by atoms with E-state index in [2.05, 4.69) is 5.43 Å². The summed E-state index contributed by atoms with van der Waals surface area (Å²) in [6.07, 6.45) is 4.89. The average molecular weight is 340 g/mol. The SMILES string of the molecule is C[C@@](Cc1ccc(O)c(O)c1)(NN)C(=O)O.NC1CCCCC1N. The molecule has 1 aromatic carbocycles. The number of hydrazine groups is 1. The van der Waals surface area contributed by atoms with Crippen molar-refractivity contribution in [3.05, 3.63) is 23.8 Å². The molecular formula is C16H28N4O4. The van der Waals surface area contributed by atoms with Gasteiger partial charge in [0.1, 0.15) is 5.54 Å². The van der Waals surface area contributed by atoms with Gasteiger partial charge in [-0.15, -0.1) is 0 Å². The van der Waals surface area contributed by atoms with Gasteiger partial charge in [0.25, 0.3) is 0 Å². The Kier molecular flexibility index (Phi) is 7.43. The Morgan fingerprint density at radius 2 is 1.75 bits per heavy atom. The van der Waals surface area contributed by atoms with Crippen molar-refractivity contribution < 1.29 is 20.1 Å². The highest BCUT2D eigenvalue weighted by Gasteiger charge is 2.32. The summed E-state index contributed by atoms with van der Waals surface area (Å²) in [6.45, 7) is 1.43. The molecule has 1 aliphatic carbocycles. The molecule has 0 amide bonds. The number of hydrogen-bond donors (Lipinski definition) is 7. The Bertz CT molecular complexity index is 545. The summed E-state index contributed by atoms with van der Waals surface area (Å²) in [5.41, 5.74) is 12.8. The Labute approximate surface area is 141 Å². The molecule has 0 aromatic heterocycles. The van der Waals surface area contributed by atoms with Crippen molar-refractivity contribution in [2.75, 3.05) is 0 Å². The van der Waals surface area contributed by atoms with Crippen molar-refractivity contribution in [1.82, 2.24) is 5.43 Å². The first-order valence-corrected chi connectivity index (χ1v) is 7.93. The number of carbonyl (C=O) groups is 1. The van der Waals surface area contributed by atoms with E-state index in [9.17, 15) is 9.90 Å². The maximum absolute atomic E-state index is 11.0. The van der Waals surface area contributed by atoms with Gasteiger partial charge in [0.05, 0.1) is 0 Å². The molecule has 8 nitrogen and oxygen atoms in total. The zero-order chi connectivity index (χ0) is 18.3. The predicted molar refractivity (Wildman–Crippen MR) is 91.3 cm³/mol. The molecule has 0 aliphatic heterocycles. The monoisotopic (exact) mass is 340 g/mol. The number of hydrogen-bond acceptors (Lipinski definition) is 7. The molecule has 0 bridgehead atoms. The highest BCUT2D eigenvalue weighted by molar-refractivity contribution is 5.78. The van der Waals surface area contributed by atoms with E-state index in [4.69, 9.17) is 27.5 Å². The summed E-state index contributed by atoms with van der Waals surface area (Å²) in [7, 11) is 0. The zero-order valence-corrected chi connectivity index (χ0v) is 13.9. The van der Waals surface area contributed by atoms with E-state index in [1.54, 1.807) is 0 Å². The van der Waals surface area contributed by atoms with Crippen LogP contribution in [0.2, 0.25) is 0 Å². The van der Waals surface area contributed by atoms with Crippen molar-refractivity contribution in [2.45, 2.75) is 56.7 Å². The molecule has 0 spiro atoms. The number of nitrogens with one attached hydrogen (secondary N) is 1. The van der Waals surface area contributed by atoms with Crippen molar-refractivity contribution in [3.63, 3.8) is 0 Å². The first kappa shape index (κ1) is 20.2. The van der Waals surface area contributed by atoms with E-state index in [1.165, 1.54) is 38.0 Å². The maximum Gasteiger partial charge on any atom is 0.325 e. The van der Waals surface area contributed by atoms with Crippen molar-refractivity contribution in [1.29, 1.82) is 0 Å². The number of aromatic hydroxyl groups is 2. The Morgan fingerprint density at radius 3 is 2.12 bits per heavy atom. The van der Waals surface area contributed by atoms with Crippen LogP contribution in [0.1, 0.15) is 38.2 Å². The number of phenols is 2. The van der Waals surface area contributed by atoms with Crippen LogP contribution in [0, 0.1) is 0 Å². The Morgan fingerprint density at radius 1 is 1.21 bits per heavy atom. The van der Waals surface area contributed by atoms with Crippen LogP contribution in [-0.4, -0.2) is 38.9 Å². The number of nitrogens with two attached hydrogens (primary N) is 3. The fraction of sp³-hybridized carbons (Fsp3) is 0.562. The quantitative estimate of drug-likeness (QED) is 0.231.